The van der Waals surface area contributed by atoms with E-state index >= 15 is 4.39 Å². The molecule has 188 valence electrons. The summed E-state index contributed by atoms with van der Waals surface area (Å²) in [6.45, 7) is 4.13. The Morgan fingerprint density at radius 3 is 2.53 bits per heavy atom. The van der Waals surface area contributed by atoms with Crippen molar-refractivity contribution in [2.45, 2.75) is 13.5 Å². The predicted molar refractivity (Wildman–Crippen MR) is 129 cm³/mol. The zero-order chi connectivity index (χ0) is 25.6. The lowest BCUT2D eigenvalue weighted by Crippen LogP contribution is -2.46. The van der Waals surface area contributed by atoms with Crippen LogP contribution in [0.4, 0.5) is 35.2 Å². The molecule has 1 aromatic heterocycles. The molecule has 2 aliphatic rings. The van der Waals surface area contributed by atoms with Gasteiger partial charge in [-0.15, -0.1) is 0 Å². The number of carbonyl (C=O) groups is 2. The third-order valence-electron chi connectivity index (χ3n) is 6.61. The van der Waals surface area contributed by atoms with E-state index in [1.807, 2.05) is 4.90 Å². The van der Waals surface area contributed by atoms with E-state index in [0.717, 1.165) is 0 Å². The Balaban J connectivity index is 1.35. The van der Waals surface area contributed by atoms with Gasteiger partial charge in [-0.05, 0) is 25.1 Å². The number of hydrogen-bond acceptors (Lipinski definition) is 6. The zero-order valence-electron chi connectivity index (χ0n) is 19.7. The summed E-state index contributed by atoms with van der Waals surface area (Å²) in [6, 6.07) is 3.86. The molecule has 1 saturated heterocycles. The van der Waals surface area contributed by atoms with Gasteiger partial charge in [-0.25, -0.2) is 27.9 Å². The van der Waals surface area contributed by atoms with Crippen LogP contribution in [0.25, 0.3) is 10.9 Å². The molecule has 0 aliphatic carbocycles. The summed E-state index contributed by atoms with van der Waals surface area (Å²) in [5.74, 6) is -3.13. The van der Waals surface area contributed by atoms with Gasteiger partial charge in [0.25, 0.3) is 5.91 Å². The Hall–Kier alpha value is -3.93. The SMILES string of the molecule is CCN1C(=O)Nc2c(F)c(CN3CCN(c4ccc(C(=O)NC)c(F)c4F)CC3)cc3ncnc1c23. The fourth-order valence-electron chi connectivity index (χ4n) is 4.72. The molecule has 1 fully saturated rings. The molecular formula is C24H24F3N7O2. The van der Waals surface area contributed by atoms with Gasteiger partial charge in [0.2, 0.25) is 0 Å². The van der Waals surface area contributed by atoms with Gasteiger partial charge in [0.05, 0.1) is 27.8 Å². The van der Waals surface area contributed by atoms with Crippen LogP contribution in [0.15, 0.2) is 24.5 Å². The zero-order valence-corrected chi connectivity index (χ0v) is 19.7. The highest BCUT2D eigenvalue weighted by atomic mass is 19.2. The number of rotatable bonds is 5. The lowest BCUT2D eigenvalue weighted by Gasteiger charge is -2.36. The van der Waals surface area contributed by atoms with Crippen molar-refractivity contribution >= 4 is 40.0 Å². The first-order valence-corrected chi connectivity index (χ1v) is 11.6. The molecule has 9 nitrogen and oxygen atoms in total. The van der Waals surface area contributed by atoms with E-state index in [9.17, 15) is 18.4 Å². The summed E-state index contributed by atoms with van der Waals surface area (Å²) in [5, 5.41) is 5.37. The molecule has 0 unspecified atom stereocenters. The van der Waals surface area contributed by atoms with Crippen molar-refractivity contribution in [3.8, 4) is 0 Å². The third kappa shape index (κ3) is 3.87. The van der Waals surface area contributed by atoms with E-state index in [1.54, 1.807) is 17.9 Å². The van der Waals surface area contributed by atoms with E-state index in [0.29, 0.717) is 55.0 Å². The van der Waals surface area contributed by atoms with Crippen molar-refractivity contribution in [1.29, 1.82) is 0 Å². The first-order chi connectivity index (χ1) is 17.3. The van der Waals surface area contributed by atoms with Crippen LogP contribution in [0.5, 0.6) is 0 Å². The van der Waals surface area contributed by atoms with Gasteiger partial charge in [0.1, 0.15) is 12.1 Å². The van der Waals surface area contributed by atoms with E-state index in [1.165, 1.54) is 30.4 Å². The standard InChI is InChI=1S/C24H24F3N7O2/c1-3-34-22-17-15(29-12-30-22)10-13(18(25)21(17)31-24(34)36)11-32-6-8-33(9-7-32)16-5-4-14(23(35)28-2)19(26)20(16)27/h4-5,10,12H,3,6-9,11H2,1-2H3,(H,28,35)(H,31,36). The number of hydrogen-bond donors (Lipinski definition) is 2. The van der Waals surface area contributed by atoms with E-state index in [2.05, 4.69) is 20.6 Å². The fraction of sp³-hybridized carbons (Fsp3) is 0.333. The molecule has 5 rings (SSSR count). The minimum Gasteiger partial charge on any atom is -0.367 e. The Kier molecular flexibility index (Phi) is 6.12. The Labute approximate surface area is 204 Å². The van der Waals surface area contributed by atoms with Gasteiger partial charge < -0.3 is 15.5 Å². The van der Waals surface area contributed by atoms with Crippen LogP contribution < -0.4 is 20.4 Å². The Morgan fingerprint density at radius 2 is 1.83 bits per heavy atom. The third-order valence-corrected chi connectivity index (χ3v) is 6.61. The molecule has 0 atom stereocenters. The largest absolute Gasteiger partial charge is 0.367 e. The van der Waals surface area contributed by atoms with Gasteiger partial charge in [0, 0.05) is 51.9 Å². The number of halogens is 3. The first kappa shape index (κ1) is 23.8. The maximum atomic E-state index is 15.5. The number of amides is 3. The molecule has 0 saturated carbocycles. The molecule has 2 aliphatic heterocycles. The van der Waals surface area contributed by atoms with Crippen LogP contribution in [0.1, 0.15) is 22.8 Å². The van der Waals surface area contributed by atoms with E-state index in [-0.39, 0.29) is 23.5 Å². The number of aromatic nitrogens is 2. The minimum atomic E-state index is -1.19. The van der Waals surface area contributed by atoms with E-state index in [4.69, 9.17) is 0 Å². The van der Waals surface area contributed by atoms with Crippen molar-refractivity contribution in [2.24, 2.45) is 0 Å². The monoisotopic (exact) mass is 499 g/mol. The minimum absolute atomic E-state index is 0.0696. The number of piperazine rings is 1. The summed E-state index contributed by atoms with van der Waals surface area (Å²) in [5.41, 5.74) is 0.688. The number of urea groups is 1. The van der Waals surface area contributed by atoms with Crippen molar-refractivity contribution in [2.75, 3.05) is 54.9 Å². The van der Waals surface area contributed by atoms with Crippen molar-refractivity contribution < 1.29 is 22.8 Å². The maximum Gasteiger partial charge on any atom is 0.327 e. The molecule has 3 aromatic rings. The number of anilines is 3. The number of nitrogens with one attached hydrogen (secondary N) is 2. The molecule has 12 heteroatoms. The van der Waals surface area contributed by atoms with Gasteiger partial charge in [0.15, 0.2) is 17.5 Å². The molecule has 36 heavy (non-hydrogen) atoms. The van der Waals surface area contributed by atoms with Crippen molar-refractivity contribution in [1.82, 2.24) is 20.2 Å². The molecule has 0 spiro atoms. The highest BCUT2D eigenvalue weighted by molar-refractivity contribution is 6.17. The second-order valence-electron chi connectivity index (χ2n) is 8.59. The van der Waals surface area contributed by atoms with Crippen LogP contribution in [0, 0.1) is 17.5 Å². The molecular weight excluding hydrogens is 475 g/mol. The number of carbonyl (C=O) groups excluding carboxylic acids is 2. The normalized spacial score (nSPS) is 15.9. The molecule has 0 radical (unpaired) electrons. The van der Waals surface area contributed by atoms with Crippen molar-refractivity contribution in [3.63, 3.8) is 0 Å². The summed E-state index contributed by atoms with van der Waals surface area (Å²) in [6.07, 6.45) is 1.35. The molecule has 2 N–H and O–H groups in total. The van der Waals surface area contributed by atoms with Gasteiger partial charge in [-0.2, -0.15) is 0 Å². The van der Waals surface area contributed by atoms with E-state index < -0.39 is 29.4 Å². The first-order valence-electron chi connectivity index (χ1n) is 11.6. The lowest BCUT2D eigenvalue weighted by atomic mass is 10.1. The van der Waals surface area contributed by atoms with Crippen LogP contribution in [-0.2, 0) is 6.54 Å². The molecule has 2 aromatic carbocycles. The highest BCUT2D eigenvalue weighted by Crippen LogP contribution is 2.38. The average Bonchev–Trinajstić information content (AvgIpc) is 2.88. The molecule has 0 bridgehead atoms. The second kappa shape index (κ2) is 9.26. The van der Waals surface area contributed by atoms with Gasteiger partial charge in [-0.3, -0.25) is 14.6 Å². The van der Waals surface area contributed by atoms with Gasteiger partial charge >= 0.3 is 6.03 Å². The molecule has 3 amide bonds. The summed E-state index contributed by atoms with van der Waals surface area (Å²) >= 11 is 0. The smallest absolute Gasteiger partial charge is 0.327 e. The maximum absolute atomic E-state index is 15.5. The van der Waals surface area contributed by atoms with Crippen molar-refractivity contribution in [3.05, 3.63) is 53.1 Å². The predicted octanol–water partition coefficient (Wildman–Crippen LogP) is 3.10. The number of benzene rings is 2. The number of nitrogens with zero attached hydrogens (tertiary/aromatic N) is 5. The summed E-state index contributed by atoms with van der Waals surface area (Å²) in [4.78, 5) is 37.8. The Bertz CT molecular complexity index is 1380. The Morgan fingerprint density at radius 1 is 1.08 bits per heavy atom. The fourth-order valence-corrected chi connectivity index (χ4v) is 4.72. The quantitative estimate of drug-likeness (QED) is 0.561. The highest BCUT2D eigenvalue weighted by Gasteiger charge is 2.31. The summed E-state index contributed by atoms with van der Waals surface area (Å²) in [7, 11) is 1.35. The van der Waals surface area contributed by atoms with Gasteiger partial charge in [-0.1, -0.05) is 0 Å². The second-order valence-corrected chi connectivity index (χ2v) is 8.59. The topological polar surface area (TPSA) is 93.7 Å². The van der Waals surface area contributed by atoms with Crippen LogP contribution in [0.2, 0.25) is 0 Å². The van der Waals surface area contributed by atoms with Crippen LogP contribution in [-0.4, -0.2) is 66.6 Å². The van der Waals surface area contributed by atoms with Crippen LogP contribution >= 0.6 is 0 Å². The average molecular weight is 499 g/mol. The lowest BCUT2D eigenvalue weighted by molar-refractivity contribution is 0.0958. The van der Waals surface area contributed by atoms with Crippen LogP contribution in [0.3, 0.4) is 0 Å². The molecule has 3 heterocycles. The summed E-state index contributed by atoms with van der Waals surface area (Å²) < 4.78 is 44.6.